The lowest BCUT2D eigenvalue weighted by atomic mass is 9.71. The second kappa shape index (κ2) is 6.11. The quantitative estimate of drug-likeness (QED) is 0.838. The van der Waals surface area contributed by atoms with Crippen LogP contribution in [0.2, 0.25) is 0 Å². The summed E-state index contributed by atoms with van der Waals surface area (Å²) in [6, 6.07) is 4.27. The molecule has 5 heteroatoms. The largest absolute Gasteiger partial charge is 0.380 e. The minimum absolute atomic E-state index is 0.162. The van der Waals surface area contributed by atoms with Crippen LogP contribution in [0, 0.1) is 19.3 Å². The number of hydrogen-bond donors (Lipinski definition) is 0. The van der Waals surface area contributed by atoms with Crippen molar-refractivity contribution in [3.05, 3.63) is 23.5 Å². The zero-order valence-electron chi connectivity index (χ0n) is 14.6. The summed E-state index contributed by atoms with van der Waals surface area (Å²) >= 11 is 0. The number of likely N-dealkylation sites (N-methyl/N-ethyl adjacent to an activating group) is 1. The summed E-state index contributed by atoms with van der Waals surface area (Å²) in [5.41, 5.74) is 3.09. The van der Waals surface area contributed by atoms with Gasteiger partial charge in [0.2, 0.25) is 5.91 Å². The van der Waals surface area contributed by atoms with E-state index in [1.165, 1.54) is 5.69 Å². The predicted octanol–water partition coefficient (Wildman–Crippen LogP) is 2.16. The number of aryl methyl sites for hydroxylation is 2. The van der Waals surface area contributed by atoms with Gasteiger partial charge in [-0.2, -0.15) is 0 Å². The van der Waals surface area contributed by atoms with Crippen molar-refractivity contribution in [2.24, 2.45) is 5.41 Å². The predicted molar refractivity (Wildman–Crippen MR) is 90.6 cm³/mol. The number of likely N-dealkylation sites (tertiary alicyclic amines) is 1. The van der Waals surface area contributed by atoms with Gasteiger partial charge >= 0.3 is 0 Å². The van der Waals surface area contributed by atoms with E-state index in [1.54, 1.807) is 7.11 Å². The molecule has 0 bridgehead atoms. The van der Waals surface area contributed by atoms with Crippen LogP contribution in [0.4, 0.5) is 5.69 Å². The maximum absolute atomic E-state index is 12.8. The third-order valence-electron chi connectivity index (χ3n) is 5.38. The molecule has 0 aromatic carbocycles. The molecule has 2 fully saturated rings. The first-order valence-electron chi connectivity index (χ1n) is 8.42. The number of ether oxygens (including phenoxy) is 1. The van der Waals surface area contributed by atoms with Gasteiger partial charge in [0.25, 0.3) is 0 Å². The molecule has 1 amide bonds. The van der Waals surface area contributed by atoms with Crippen LogP contribution in [-0.2, 0) is 9.53 Å². The number of nitrogens with zero attached hydrogens (tertiary/aromatic N) is 3. The molecule has 0 radical (unpaired) electrons. The summed E-state index contributed by atoms with van der Waals surface area (Å²) in [5, 5.41) is 0. The van der Waals surface area contributed by atoms with Gasteiger partial charge in [-0.25, -0.2) is 0 Å². The van der Waals surface area contributed by atoms with E-state index in [0.29, 0.717) is 12.5 Å². The lowest BCUT2D eigenvalue weighted by Crippen LogP contribution is -2.56. The first-order valence-corrected chi connectivity index (χ1v) is 8.42. The Morgan fingerprint density at radius 2 is 1.83 bits per heavy atom. The normalized spacial score (nSPS) is 24.3. The van der Waals surface area contributed by atoms with Crippen LogP contribution >= 0.6 is 0 Å². The van der Waals surface area contributed by atoms with Crippen LogP contribution in [0.15, 0.2) is 12.1 Å². The van der Waals surface area contributed by atoms with Crippen LogP contribution in [0.5, 0.6) is 0 Å². The zero-order valence-corrected chi connectivity index (χ0v) is 14.6. The molecule has 126 valence electrons. The van der Waals surface area contributed by atoms with Crippen molar-refractivity contribution in [2.45, 2.75) is 39.2 Å². The third kappa shape index (κ3) is 3.07. The third-order valence-corrected chi connectivity index (χ3v) is 5.38. The highest BCUT2D eigenvalue weighted by Crippen LogP contribution is 2.42. The Bertz CT molecular complexity index is 574. The van der Waals surface area contributed by atoms with Crippen molar-refractivity contribution in [3.63, 3.8) is 0 Å². The van der Waals surface area contributed by atoms with Gasteiger partial charge in [-0.3, -0.25) is 9.78 Å². The highest BCUT2D eigenvalue weighted by atomic mass is 16.5. The molecule has 1 spiro atoms. The standard InChI is InChI=1S/C18H27N3O2/c1-13-9-15(10-14(2)19-13)21-7-5-18(6-8-21)11-16(23-4)12-20(3)17(18)22/h9-10,16H,5-8,11-12H2,1-4H3. The Morgan fingerprint density at radius 3 is 2.39 bits per heavy atom. The topological polar surface area (TPSA) is 45.7 Å². The van der Waals surface area contributed by atoms with Crippen LogP contribution < -0.4 is 4.90 Å². The molecule has 1 atom stereocenters. The molecule has 2 saturated heterocycles. The maximum atomic E-state index is 12.8. The molecule has 5 nitrogen and oxygen atoms in total. The number of carbonyl (C=O) groups excluding carboxylic acids is 1. The Kier molecular flexibility index (Phi) is 4.32. The summed E-state index contributed by atoms with van der Waals surface area (Å²) < 4.78 is 5.56. The summed E-state index contributed by atoms with van der Waals surface area (Å²) in [6.07, 6.45) is 2.82. The van der Waals surface area contributed by atoms with Gasteiger partial charge < -0.3 is 14.5 Å². The smallest absolute Gasteiger partial charge is 0.228 e. The number of amides is 1. The number of pyridine rings is 1. The molecular weight excluding hydrogens is 290 g/mol. The highest BCUT2D eigenvalue weighted by Gasteiger charge is 2.47. The van der Waals surface area contributed by atoms with Gasteiger partial charge in [-0.1, -0.05) is 0 Å². The van der Waals surface area contributed by atoms with Crippen molar-refractivity contribution in [1.29, 1.82) is 0 Å². The van der Waals surface area contributed by atoms with E-state index in [-0.39, 0.29) is 11.5 Å². The molecule has 1 unspecified atom stereocenters. The highest BCUT2D eigenvalue weighted by molar-refractivity contribution is 5.84. The molecule has 2 aliphatic rings. The van der Waals surface area contributed by atoms with E-state index >= 15 is 0 Å². The summed E-state index contributed by atoms with van der Waals surface area (Å²) in [4.78, 5) is 21.4. The number of anilines is 1. The Morgan fingerprint density at radius 1 is 1.22 bits per heavy atom. The molecule has 0 saturated carbocycles. The van der Waals surface area contributed by atoms with Crippen molar-refractivity contribution in [1.82, 2.24) is 9.88 Å². The van der Waals surface area contributed by atoms with E-state index in [1.807, 2.05) is 25.8 Å². The van der Waals surface area contributed by atoms with Crippen LogP contribution in [0.25, 0.3) is 0 Å². The second-order valence-corrected chi connectivity index (χ2v) is 7.12. The van der Waals surface area contributed by atoms with Crippen molar-refractivity contribution in [2.75, 3.05) is 38.7 Å². The lowest BCUT2D eigenvalue weighted by molar-refractivity contribution is -0.153. The second-order valence-electron chi connectivity index (χ2n) is 7.12. The number of piperidine rings is 2. The molecular formula is C18H27N3O2. The van der Waals surface area contributed by atoms with E-state index in [9.17, 15) is 4.79 Å². The molecule has 1 aromatic heterocycles. The number of carbonyl (C=O) groups is 1. The number of hydrogen-bond acceptors (Lipinski definition) is 4. The van der Waals surface area contributed by atoms with Crippen molar-refractivity contribution in [3.8, 4) is 0 Å². The van der Waals surface area contributed by atoms with Gasteiger partial charge in [0.15, 0.2) is 0 Å². The van der Waals surface area contributed by atoms with Gasteiger partial charge in [-0.15, -0.1) is 0 Å². The molecule has 1 aromatic rings. The fourth-order valence-electron chi connectivity index (χ4n) is 4.14. The Labute approximate surface area is 138 Å². The Balaban J connectivity index is 1.75. The summed E-state index contributed by atoms with van der Waals surface area (Å²) in [7, 11) is 3.65. The SMILES string of the molecule is COC1CN(C)C(=O)C2(CCN(c3cc(C)nc(C)c3)CC2)C1. The van der Waals surface area contributed by atoms with Crippen molar-refractivity contribution < 1.29 is 9.53 Å². The molecule has 2 aliphatic heterocycles. The molecule has 0 N–H and O–H groups in total. The summed E-state index contributed by atoms with van der Waals surface area (Å²) in [5.74, 6) is 0.299. The average Bonchev–Trinajstić information content (AvgIpc) is 2.52. The zero-order chi connectivity index (χ0) is 16.6. The maximum Gasteiger partial charge on any atom is 0.228 e. The minimum atomic E-state index is -0.235. The fourth-order valence-corrected chi connectivity index (χ4v) is 4.14. The Hall–Kier alpha value is -1.62. The van der Waals surface area contributed by atoms with E-state index < -0.39 is 0 Å². The van der Waals surface area contributed by atoms with E-state index in [0.717, 1.165) is 43.7 Å². The van der Waals surface area contributed by atoms with Gasteiger partial charge in [0, 0.05) is 50.9 Å². The first-order chi connectivity index (χ1) is 10.9. The van der Waals surface area contributed by atoms with Crippen LogP contribution in [0.1, 0.15) is 30.7 Å². The number of aromatic nitrogens is 1. The van der Waals surface area contributed by atoms with Crippen molar-refractivity contribution >= 4 is 11.6 Å². The molecule has 0 aliphatic carbocycles. The monoisotopic (exact) mass is 317 g/mol. The fraction of sp³-hybridized carbons (Fsp3) is 0.667. The lowest BCUT2D eigenvalue weighted by Gasteiger charge is -2.48. The molecule has 3 heterocycles. The van der Waals surface area contributed by atoms with E-state index in [4.69, 9.17) is 4.74 Å². The van der Waals surface area contributed by atoms with Crippen LogP contribution in [-0.4, -0.2) is 55.7 Å². The molecule has 3 rings (SSSR count). The van der Waals surface area contributed by atoms with E-state index in [2.05, 4.69) is 22.0 Å². The average molecular weight is 317 g/mol. The molecule has 23 heavy (non-hydrogen) atoms. The van der Waals surface area contributed by atoms with Gasteiger partial charge in [-0.05, 0) is 45.2 Å². The number of methoxy groups -OCH3 is 1. The van der Waals surface area contributed by atoms with Gasteiger partial charge in [0.05, 0.1) is 11.5 Å². The van der Waals surface area contributed by atoms with Crippen LogP contribution in [0.3, 0.4) is 0 Å². The number of rotatable bonds is 2. The van der Waals surface area contributed by atoms with Gasteiger partial charge in [0.1, 0.15) is 0 Å². The summed E-state index contributed by atoms with van der Waals surface area (Å²) in [6.45, 7) is 6.61. The first kappa shape index (κ1) is 16.2. The minimum Gasteiger partial charge on any atom is -0.380 e.